The largest absolute Gasteiger partial charge is 0.259 e. The van der Waals surface area contributed by atoms with Gasteiger partial charge in [-0.2, -0.15) is 10.2 Å². The lowest BCUT2D eigenvalue weighted by Crippen LogP contribution is -2.01. The molecule has 2 rings (SSSR count). The second-order valence-electron chi connectivity index (χ2n) is 5.25. The van der Waals surface area contributed by atoms with E-state index in [4.69, 9.17) is 0 Å². The summed E-state index contributed by atoms with van der Waals surface area (Å²) in [5.74, 6) is 1.20. The highest BCUT2D eigenvalue weighted by atomic mass is 15.4. The molecular weight excluding hydrogens is 300 g/mol. The Labute approximate surface area is 142 Å². The number of rotatable bonds is 6. The molecular formula is C18H22N6. The van der Waals surface area contributed by atoms with Gasteiger partial charge in [0.2, 0.25) is 0 Å². The highest BCUT2D eigenvalue weighted by molar-refractivity contribution is 5.98. The Kier molecular flexibility index (Phi) is 6.19. The number of nitrogens with one attached hydrogen (secondary N) is 2. The van der Waals surface area contributed by atoms with Gasteiger partial charge in [-0.3, -0.25) is 10.9 Å². The molecule has 0 radical (unpaired) electrons. The van der Waals surface area contributed by atoms with Crippen LogP contribution in [0.3, 0.4) is 0 Å². The maximum atomic E-state index is 4.20. The summed E-state index contributed by atoms with van der Waals surface area (Å²) in [6, 6.07) is 7.84. The smallest absolute Gasteiger partial charge is 0.176 e. The summed E-state index contributed by atoms with van der Waals surface area (Å²) in [5.41, 5.74) is 8.01. The Hall–Kier alpha value is -3.02. The monoisotopic (exact) mass is 322 g/mol. The SMILES string of the molecule is C/C=C(C)\C=N\Nc1nnc(N/N=C\C(C)=C\C)c2ccccc12. The molecule has 0 bridgehead atoms. The lowest BCUT2D eigenvalue weighted by molar-refractivity contribution is 1.03. The van der Waals surface area contributed by atoms with Crippen molar-refractivity contribution in [2.75, 3.05) is 10.9 Å². The molecule has 1 aromatic carbocycles. The number of nitrogens with zero attached hydrogens (tertiary/aromatic N) is 4. The lowest BCUT2D eigenvalue weighted by atomic mass is 10.2. The fraction of sp³-hybridized carbons (Fsp3) is 0.222. The Bertz CT molecular complexity index is 749. The van der Waals surface area contributed by atoms with E-state index in [1.54, 1.807) is 12.4 Å². The fourth-order valence-corrected chi connectivity index (χ4v) is 1.81. The molecule has 0 saturated carbocycles. The summed E-state index contributed by atoms with van der Waals surface area (Å²) < 4.78 is 0. The minimum atomic E-state index is 0.602. The van der Waals surface area contributed by atoms with E-state index in [1.807, 2.05) is 64.1 Å². The quantitative estimate of drug-likeness (QED) is 0.612. The van der Waals surface area contributed by atoms with Gasteiger partial charge in [0.1, 0.15) is 0 Å². The van der Waals surface area contributed by atoms with Crippen LogP contribution in [0.25, 0.3) is 10.8 Å². The third-order valence-corrected chi connectivity index (χ3v) is 3.48. The third kappa shape index (κ3) is 4.49. The summed E-state index contributed by atoms with van der Waals surface area (Å²) >= 11 is 0. The van der Waals surface area contributed by atoms with Gasteiger partial charge in [0.05, 0.1) is 0 Å². The number of allylic oxidation sites excluding steroid dienone is 4. The Morgan fingerprint density at radius 2 is 1.25 bits per heavy atom. The molecule has 0 spiro atoms. The van der Waals surface area contributed by atoms with Gasteiger partial charge in [0.15, 0.2) is 11.6 Å². The lowest BCUT2D eigenvalue weighted by Gasteiger charge is -2.07. The van der Waals surface area contributed by atoms with Crippen LogP contribution < -0.4 is 10.9 Å². The Morgan fingerprint density at radius 1 is 0.833 bits per heavy atom. The first-order valence-corrected chi connectivity index (χ1v) is 7.75. The van der Waals surface area contributed by atoms with E-state index in [2.05, 4.69) is 31.3 Å². The second kappa shape index (κ2) is 8.57. The molecule has 0 amide bonds. The van der Waals surface area contributed by atoms with Crippen molar-refractivity contribution in [3.05, 3.63) is 47.6 Å². The van der Waals surface area contributed by atoms with Gasteiger partial charge < -0.3 is 0 Å². The zero-order chi connectivity index (χ0) is 17.4. The van der Waals surface area contributed by atoms with Crippen LogP contribution in [0.15, 0.2) is 57.8 Å². The predicted molar refractivity (Wildman–Crippen MR) is 103 cm³/mol. The van der Waals surface area contributed by atoms with Gasteiger partial charge in [-0.15, -0.1) is 10.2 Å². The van der Waals surface area contributed by atoms with Crippen molar-refractivity contribution < 1.29 is 0 Å². The first-order chi connectivity index (χ1) is 11.7. The molecule has 0 aliphatic rings. The molecule has 0 aliphatic heterocycles. The Morgan fingerprint density at radius 3 is 1.62 bits per heavy atom. The average Bonchev–Trinajstić information content (AvgIpc) is 2.62. The van der Waals surface area contributed by atoms with Gasteiger partial charge in [0.25, 0.3) is 0 Å². The zero-order valence-corrected chi connectivity index (χ0v) is 14.4. The highest BCUT2D eigenvalue weighted by Crippen LogP contribution is 2.25. The summed E-state index contributed by atoms with van der Waals surface area (Å²) in [4.78, 5) is 0. The highest BCUT2D eigenvalue weighted by Gasteiger charge is 2.07. The van der Waals surface area contributed by atoms with Crippen molar-refractivity contribution in [2.45, 2.75) is 27.7 Å². The van der Waals surface area contributed by atoms with Crippen molar-refractivity contribution in [3.63, 3.8) is 0 Å². The molecule has 0 unspecified atom stereocenters. The minimum absolute atomic E-state index is 0.602. The van der Waals surface area contributed by atoms with E-state index in [9.17, 15) is 0 Å². The number of anilines is 2. The minimum Gasteiger partial charge on any atom is -0.259 e. The van der Waals surface area contributed by atoms with Crippen molar-refractivity contribution in [3.8, 4) is 0 Å². The molecule has 24 heavy (non-hydrogen) atoms. The number of aromatic nitrogens is 2. The summed E-state index contributed by atoms with van der Waals surface area (Å²) in [6.07, 6.45) is 7.44. The topological polar surface area (TPSA) is 74.6 Å². The van der Waals surface area contributed by atoms with E-state index < -0.39 is 0 Å². The number of fused-ring (bicyclic) bond motifs is 1. The van der Waals surface area contributed by atoms with Crippen molar-refractivity contribution in [1.29, 1.82) is 0 Å². The van der Waals surface area contributed by atoms with E-state index in [0.717, 1.165) is 21.9 Å². The Balaban J connectivity index is 2.29. The first kappa shape index (κ1) is 17.3. The third-order valence-electron chi connectivity index (χ3n) is 3.48. The summed E-state index contributed by atoms with van der Waals surface area (Å²) in [7, 11) is 0. The molecule has 124 valence electrons. The van der Waals surface area contributed by atoms with Crippen LogP contribution in [-0.2, 0) is 0 Å². The zero-order valence-electron chi connectivity index (χ0n) is 14.4. The molecule has 0 atom stereocenters. The van der Waals surface area contributed by atoms with Crippen LogP contribution in [0.1, 0.15) is 27.7 Å². The van der Waals surface area contributed by atoms with Crippen LogP contribution >= 0.6 is 0 Å². The van der Waals surface area contributed by atoms with Crippen molar-refractivity contribution >= 4 is 34.8 Å². The maximum absolute atomic E-state index is 4.20. The predicted octanol–water partition coefficient (Wildman–Crippen LogP) is 4.36. The van der Waals surface area contributed by atoms with Crippen LogP contribution in [-0.4, -0.2) is 22.6 Å². The molecule has 0 aliphatic carbocycles. The number of hydrogen-bond acceptors (Lipinski definition) is 6. The van der Waals surface area contributed by atoms with E-state index in [1.165, 1.54) is 0 Å². The molecule has 1 heterocycles. The molecule has 6 heteroatoms. The standard InChI is InChI=1S/C18H22N6/c1-5-13(3)11-19-21-17-15-9-7-8-10-16(15)18(24-23-17)22-20-12-14(4)6-2/h5-12H,1-4H3,(H,21,23)(H,22,24)/b13-5-,14-6+,19-11+,20-12-. The van der Waals surface area contributed by atoms with Crippen LogP contribution in [0, 0.1) is 0 Å². The fourth-order valence-electron chi connectivity index (χ4n) is 1.81. The first-order valence-electron chi connectivity index (χ1n) is 7.75. The maximum Gasteiger partial charge on any atom is 0.176 e. The van der Waals surface area contributed by atoms with Gasteiger partial charge in [-0.25, -0.2) is 0 Å². The normalized spacial score (nSPS) is 13.2. The molecule has 2 N–H and O–H groups in total. The van der Waals surface area contributed by atoms with Gasteiger partial charge in [0, 0.05) is 23.2 Å². The van der Waals surface area contributed by atoms with Gasteiger partial charge in [-0.05, 0) is 38.8 Å². The molecule has 6 nitrogen and oxygen atoms in total. The van der Waals surface area contributed by atoms with Crippen molar-refractivity contribution in [1.82, 2.24) is 10.2 Å². The molecule has 2 aromatic rings. The van der Waals surface area contributed by atoms with Crippen LogP contribution in [0.5, 0.6) is 0 Å². The van der Waals surface area contributed by atoms with Gasteiger partial charge in [-0.1, -0.05) is 36.4 Å². The summed E-state index contributed by atoms with van der Waals surface area (Å²) in [6.45, 7) is 7.89. The van der Waals surface area contributed by atoms with Crippen molar-refractivity contribution in [2.24, 2.45) is 10.2 Å². The molecule has 0 fully saturated rings. The van der Waals surface area contributed by atoms with Crippen LogP contribution in [0.4, 0.5) is 11.6 Å². The molecule has 0 saturated heterocycles. The second-order valence-corrected chi connectivity index (χ2v) is 5.25. The average molecular weight is 322 g/mol. The van der Waals surface area contributed by atoms with E-state index in [0.29, 0.717) is 11.6 Å². The summed E-state index contributed by atoms with van der Waals surface area (Å²) in [5, 5.41) is 18.6. The molecule has 1 aromatic heterocycles. The number of benzene rings is 1. The van der Waals surface area contributed by atoms with Gasteiger partial charge >= 0.3 is 0 Å². The number of hydrogen-bond donors (Lipinski definition) is 2. The van der Waals surface area contributed by atoms with E-state index >= 15 is 0 Å². The van der Waals surface area contributed by atoms with Crippen LogP contribution in [0.2, 0.25) is 0 Å². The van der Waals surface area contributed by atoms with E-state index in [-0.39, 0.29) is 0 Å². The number of hydrazone groups is 2.